The molecule has 0 fully saturated rings. The van der Waals surface area contributed by atoms with Gasteiger partial charge in [0.1, 0.15) is 10.6 Å². The summed E-state index contributed by atoms with van der Waals surface area (Å²) in [6.45, 7) is 2.14. The number of thioether (sulfide) groups is 1. The van der Waals surface area contributed by atoms with Crippen LogP contribution in [0.1, 0.15) is 11.1 Å². The lowest BCUT2D eigenvalue weighted by atomic mass is 10.2. The maximum absolute atomic E-state index is 13.3. The van der Waals surface area contributed by atoms with Gasteiger partial charge in [0.25, 0.3) is 11.8 Å². The third-order valence-corrected chi connectivity index (χ3v) is 6.06. The van der Waals surface area contributed by atoms with Crippen LogP contribution in [0.5, 0.6) is 0 Å². The highest BCUT2D eigenvalue weighted by Gasteiger charge is 2.39. The van der Waals surface area contributed by atoms with E-state index >= 15 is 0 Å². The molecule has 3 aromatic rings. The van der Waals surface area contributed by atoms with Crippen molar-refractivity contribution in [1.82, 2.24) is 4.90 Å². The molecule has 1 N–H and O–H groups in total. The van der Waals surface area contributed by atoms with Crippen LogP contribution in [-0.4, -0.2) is 16.7 Å². The summed E-state index contributed by atoms with van der Waals surface area (Å²) in [6, 6.07) is 24.5. The molecule has 1 aliphatic rings. The lowest BCUT2D eigenvalue weighted by Gasteiger charge is -2.15. The van der Waals surface area contributed by atoms with Crippen molar-refractivity contribution < 1.29 is 9.59 Å². The first-order valence-corrected chi connectivity index (χ1v) is 10.6. The molecule has 0 aliphatic carbocycles. The number of hydrogen-bond donors (Lipinski definition) is 1. The number of rotatable bonds is 6. The number of carbonyl (C=O) groups excluding carboxylic acids is 2. The lowest BCUT2D eigenvalue weighted by Crippen LogP contribution is -2.31. The first-order valence-electron chi connectivity index (χ1n) is 9.43. The van der Waals surface area contributed by atoms with Crippen molar-refractivity contribution in [2.75, 3.05) is 5.32 Å². The van der Waals surface area contributed by atoms with Crippen molar-refractivity contribution in [2.24, 2.45) is 0 Å². The molecule has 0 aromatic heterocycles. The van der Waals surface area contributed by atoms with Gasteiger partial charge in [0.05, 0.1) is 6.54 Å². The number of benzene rings is 3. The van der Waals surface area contributed by atoms with Gasteiger partial charge in [0, 0.05) is 15.6 Å². The van der Waals surface area contributed by atoms with E-state index in [0.29, 0.717) is 15.6 Å². The van der Waals surface area contributed by atoms with Gasteiger partial charge < -0.3 is 5.32 Å². The summed E-state index contributed by atoms with van der Waals surface area (Å²) >= 11 is 7.43. The van der Waals surface area contributed by atoms with Crippen LogP contribution in [0.25, 0.3) is 0 Å². The summed E-state index contributed by atoms with van der Waals surface area (Å²) in [5.74, 6) is -0.651. The van der Waals surface area contributed by atoms with Crippen LogP contribution in [0.2, 0.25) is 5.02 Å². The van der Waals surface area contributed by atoms with E-state index < -0.39 is 0 Å². The lowest BCUT2D eigenvalue weighted by molar-refractivity contribution is -0.137. The molecule has 4 nitrogen and oxygen atoms in total. The van der Waals surface area contributed by atoms with Gasteiger partial charge >= 0.3 is 0 Å². The van der Waals surface area contributed by atoms with E-state index in [1.165, 1.54) is 16.7 Å². The largest absolute Gasteiger partial charge is 0.350 e. The van der Waals surface area contributed by atoms with Gasteiger partial charge in [-0.05, 0) is 42.3 Å². The van der Waals surface area contributed by atoms with Crippen LogP contribution in [-0.2, 0) is 16.1 Å². The molecule has 0 saturated carbocycles. The van der Waals surface area contributed by atoms with Gasteiger partial charge in [-0.1, -0.05) is 78.0 Å². The van der Waals surface area contributed by atoms with Crippen molar-refractivity contribution in [3.63, 3.8) is 0 Å². The molecule has 0 bridgehead atoms. The molecule has 0 unspecified atom stereocenters. The van der Waals surface area contributed by atoms with Gasteiger partial charge in [-0.15, -0.1) is 0 Å². The van der Waals surface area contributed by atoms with Crippen LogP contribution < -0.4 is 5.32 Å². The summed E-state index contributed by atoms with van der Waals surface area (Å²) in [4.78, 5) is 29.0. The SMILES string of the molecule is Cc1ccc(Cl)cc1NC1=C(Sc2ccccc2)C(=O)N(Cc2ccccc2)C1=O. The normalized spacial score (nSPS) is 13.9. The minimum absolute atomic E-state index is 0.219. The van der Waals surface area contributed by atoms with Crippen molar-refractivity contribution in [2.45, 2.75) is 18.4 Å². The zero-order valence-corrected chi connectivity index (χ0v) is 17.8. The summed E-state index contributed by atoms with van der Waals surface area (Å²) in [5, 5.41) is 3.73. The fraction of sp³-hybridized carbons (Fsp3) is 0.0833. The number of carbonyl (C=O) groups is 2. The molecule has 0 saturated heterocycles. The highest BCUT2D eigenvalue weighted by Crippen LogP contribution is 2.37. The number of aryl methyl sites for hydroxylation is 1. The molecule has 6 heteroatoms. The molecule has 0 spiro atoms. The molecular weight excluding hydrogens is 416 g/mol. The molecule has 0 atom stereocenters. The first-order chi connectivity index (χ1) is 14.5. The third kappa shape index (κ3) is 4.27. The quantitative estimate of drug-likeness (QED) is 0.510. The average Bonchev–Trinajstić information content (AvgIpc) is 2.97. The number of nitrogens with one attached hydrogen (secondary N) is 1. The molecule has 1 heterocycles. The van der Waals surface area contributed by atoms with Crippen molar-refractivity contribution >= 4 is 40.9 Å². The summed E-state index contributed by atoms with van der Waals surface area (Å²) < 4.78 is 0. The fourth-order valence-electron chi connectivity index (χ4n) is 3.14. The Morgan fingerprint density at radius 2 is 1.57 bits per heavy atom. The van der Waals surface area contributed by atoms with Gasteiger partial charge in [-0.3, -0.25) is 14.5 Å². The Kier molecular flexibility index (Phi) is 5.93. The van der Waals surface area contributed by atoms with E-state index in [9.17, 15) is 9.59 Å². The Labute approximate surface area is 184 Å². The number of hydrogen-bond acceptors (Lipinski definition) is 4. The summed E-state index contributed by atoms with van der Waals surface area (Å²) in [6.07, 6.45) is 0. The van der Waals surface area contributed by atoms with E-state index in [1.54, 1.807) is 12.1 Å². The smallest absolute Gasteiger partial charge is 0.278 e. The highest BCUT2D eigenvalue weighted by atomic mass is 35.5. The Bertz CT molecular complexity index is 1130. The zero-order chi connectivity index (χ0) is 21.1. The maximum Gasteiger partial charge on any atom is 0.278 e. The highest BCUT2D eigenvalue weighted by molar-refractivity contribution is 8.04. The number of anilines is 1. The summed E-state index contributed by atoms with van der Waals surface area (Å²) in [5.41, 5.74) is 2.79. The van der Waals surface area contributed by atoms with Gasteiger partial charge in [-0.25, -0.2) is 0 Å². The van der Waals surface area contributed by atoms with Crippen LogP contribution in [0.4, 0.5) is 5.69 Å². The zero-order valence-electron chi connectivity index (χ0n) is 16.3. The second kappa shape index (κ2) is 8.78. The topological polar surface area (TPSA) is 49.4 Å². The molecule has 30 heavy (non-hydrogen) atoms. The molecule has 0 radical (unpaired) electrons. The molecule has 3 aromatic carbocycles. The van der Waals surface area contributed by atoms with Gasteiger partial charge in [0.2, 0.25) is 0 Å². The van der Waals surface area contributed by atoms with E-state index in [4.69, 9.17) is 11.6 Å². The van der Waals surface area contributed by atoms with Crippen LogP contribution in [0, 0.1) is 6.92 Å². The predicted octanol–water partition coefficient (Wildman–Crippen LogP) is 5.63. The van der Waals surface area contributed by atoms with Crippen LogP contribution in [0.15, 0.2) is 94.4 Å². The van der Waals surface area contributed by atoms with Crippen LogP contribution in [0.3, 0.4) is 0 Å². The minimum atomic E-state index is -0.346. The predicted molar refractivity (Wildman–Crippen MR) is 121 cm³/mol. The minimum Gasteiger partial charge on any atom is -0.350 e. The Morgan fingerprint density at radius 3 is 2.27 bits per heavy atom. The number of halogens is 1. The third-order valence-electron chi connectivity index (χ3n) is 4.73. The number of amides is 2. The monoisotopic (exact) mass is 434 g/mol. The van der Waals surface area contributed by atoms with Crippen molar-refractivity contribution in [3.8, 4) is 0 Å². The Hall–Kier alpha value is -3.02. The van der Waals surface area contributed by atoms with Gasteiger partial charge in [0.15, 0.2) is 0 Å². The van der Waals surface area contributed by atoms with Crippen molar-refractivity contribution in [3.05, 3.63) is 106 Å². The van der Waals surface area contributed by atoms with E-state index in [1.807, 2.05) is 73.7 Å². The first kappa shape index (κ1) is 20.3. The second-order valence-electron chi connectivity index (χ2n) is 6.89. The maximum atomic E-state index is 13.3. The summed E-state index contributed by atoms with van der Waals surface area (Å²) in [7, 11) is 0. The molecule has 2 amide bonds. The Balaban J connectivity index is 1.70. The molecule has 4 rings (SSSR count). The van der Waals surface area contributed by atoms with Crippen LogP contribution >= 0.6 is 23.4 Å². The van der Waals surface area contributed by atoms with E-state index in [-0.39, 0.29) is 24.1 Å². The molecule has 150 valence electrons. The second-order valence-corrected chi connectivity index (χ2v) is 8.41. The van der Waals surface area contributed by atoms with E-state index in [0.717, 1.165) is 16.0 Å². The number of imide groups is 1. The molecular formula is C24H19ClN2O2S. The molecule has 1 aliphatic heterocycles. The van der Waals surface area contributed by atoms with Crippen molar-refractivity contribution in [1.29, 1.82) is 0 Å². The number of nitrogens with zero attached hydrogens (tertiary/aromatic N) is 1. The fourth-order valence-corrected chi connectivity index (χ4v) is 4.28. The average molecular weight is 435 g/mol. The Morgan fingerprint density at radius 1 is 0.900 bits per heavy atom. The van der Waals surface area contributed by atoms with Gasteiger partial charge in [-0.2, -0.15) is 0 Å². The standard InChI is InChI=1S/C24H19ClN2O2S/c1-16-12-13-18(25)14-20(16)26-21-22(30-19-10-6-3-7-11-19)24(29)27(23(21)28)15-17-8-4-2-5-9-17/h2-14,26H,15H2,1H3. The van der Waals surface area contributed by atoms with E-state index in [2.05, 4.69) is 5.32 Å².